The number of hydrogen-bond donors (Lipinski definition) is 0. The van der Waals surface area contributed by atoms with Gasteiger partial charge in [-0.1, -0.05) is 6.07 Å². The first kappa shape index (κ1) is 9.66. The molecule has 0 fully saturated rings. The average Bonchev–Trinajstić information content (AvgIpc) is 2.84. The van der Waals surface area contributed by atoms with E-state index in [0.717, 1.165) is 27.3 Å². The summed E-state index contributed by atoms with van der Waals surface area (Å²) in [7, 11) is 0. The lowest BCUT2D eigenvalue weighted by molar-refractivity contribution is 0.554. The monoisotopic (exact) mass is 276 g/mol. The Bertz CT molecular complexity index is 654. The van der Waals surface area contributed by atoms with Gasteiger partial charge in [0.05, 0.1) is 0 Å². The molecule has 0 aromatic carbocycles. The van der Waals surface area contributed by atoms with Crippen LogP contribution in [0, 0.1) is 6.92 Å². The van der Waals surface area contributed by atoms with Gasteiger partial charge in [0, 0.05) is 12.4 Å². The molecule has 80 valence electrons. The molecule has 0 bridgehead atoms. The number of pyridine rings is 1. The quantitative estimate of drug-likeness (QED) is 0.679. The Morgan fingerprint density at radius 3 is 2.88 bits per heavy atom. The topological polar surface area (TPSA) is 30.4 Å². The van der Waals surface area contributed by atoms with Crippen LogP contribution >= 0.6 is 15.9 Å². The van der Waals surface area contributed by atoms with E-state index in [1.54, 1.807) is 0 Å². The van der Waals surface area contributed by atoms with Gasteiger partial charge in [-0.15, -0.1) is 0 Å². The molecular formula is C12H9BrN2O. The number of aromatic nitrogens is 2. The molecule has 0 aliphatic carbocycles. The molecule has 16 heavy (non-hydrogen) atoms. The molecular weight excluding hydrogens is 268 g/mol. The first-order chi connectivity index (χ1) is 7.74. The highest BCUT2D eigenvalue weighted by atomic mass is 79.9. The lowest BCUT2D eigenvalue weighted by Crippen LogP contribution is -1.83. The predicted molar refractivity (Wildman–Crippen MR) is 65.3 cm³/mol. The van der Waals surface area contributed by atoms with E-state index in [9.17, 15) is 0 Å². The van der Waals surface area contributed by atoms with Crippen molar-refractivity contribution in [1.82, 2.24) is 9.38 Å². The molecule has 0 aliphatic heterocycles. The molecule has 0 spiro atoms. The maximum Gasteiger partial charge on any atom is 0.169 e. The third kappa shape index (κ3) is 1.46. The molecule has 3 rings (SSSR count). The van der Waals surface area contributed by atoms with Crippen molar-refractivity contribution in [1.29, 1.82) is 0 Å². The molecule has 0 saturated carbocycles. The van der Waals surface area contributed by atoms with Crippen molar-refractivity contribution in [2.75, 3.05) is 0 Å². The summed E-state index contributed by atoms with van der Waals surface area (Å²) in [4.78, 5) is 4.54. The average molecular weight is 277 g/mol. The van der Waals surface area contributed by atoms with E-state index in [1.165, 1.54) is 0 Å². The Hall–Kier alpha value is -1.55. The second-order valence-electron chi connectivity index (χ2n) is 3.65. The fourth-order valence-electron chi connectivity index (χ4n) is 1.72. The summed E-state index contributed by atoms with van der Waals surface area (Å²) in [6.07, 6.45) is 3.95. The predicted octanol–water partition coefficient (Wildman–Crippen LogP) is 3.67. The third-order valence-electron chi connectivity index (χ3n) is 2.50. The summed E-state index contributed by atoms with van der Waals surface area (Å²) in [5.74, 6) is 0.773. The van der Waals surface area contributed by atoms with Crippen LogP contribution in [0.4, 0.5) is 0 Å². The standard InChI is InChI=1S/C12H9BrN2O/c1-8-3-2-6-15-7-9(14-12(8)15)10-4-5-11(13)16-10/h2-7H,1H3. The van der Waals surface area contributed by atoms with Crippen molar-refractivity contribution in [2.24, 2.45) is 0 Å². The molecule has 0 N–H and O–H groups in total. The van der Waals surface area contributed by atoms with E-state index in [1.807, 2.05) is 48.0 Å². The minimum absolute atomic E-state index is 0.719. The highest BCUT2D eigenvalue weighted by Crippen LogP contribution is 2.25. The zero-order valence-electron chi connectivity index (χ0n) is 8.64. The molecule has 0 atom stereocenters. The van der Waals surface area contributed by atoms with Crippen LogP contribution in [-0.2, 0) is 0 Å². The number of fused-ring (bicyclic) bond motifs is 1. The number of halogens is 1. The second-order valence-corrected chi connectivity index (χ2v) is 4.43. The van der Waals surface area contributed by atoms with Gasteiger partial charge in [-0.25, -0.2) is 4.98 Å². The lowest BCUT2D eigenvalue weighted by Gasteiger charge is -1.93. The van der Waals surface area contributed by atoms with Gasteiger partial charge in [-0.3, -0.25) is 0 Å². The highest BCUT2D eigenvalue weighted by molar-refractivity contribution is 9.10. The van der Waals surface area contributed by atoms with Gasteiger partial charge < -0.3 is 8.82 Å². The molecule has 0 amide bonds. The number of aryl methyl sites for hydroxylation is 1. The molecule has 0 aliphatic rings. The highest BCUT2D eigenvalue weighted by Gasteiger charge is 2.08. The molecule has 3 aromatic heterocycles. The Balaban J connectivity index is 2.22. The van der Waals surface area contributed by atoms with Crippen molar-refractivity contribution in [2.45, 2.75) is 6.92 Å². The second kappa shape index (κ2) is 3.49. The van der Waals surface area contributed by atoms with E-state index in [2.05, 4.69) is 20.9 Å². The van der Waals surface area contributed by atoms with Crippen LogP contribution in [0.25, 0.3) is 17.1 Å². The molecule has 0 saturated heterocycles. The van der Waals surface area contributed by atoms with Crippen LogP contribution in [0.2, 0.25) is 0 Å². The first-order valence-corrected chi connectivity index (χ1v) is 5.73. The van der Waals surface area contributed by atoms with E-state index >= 15 is 0 Å². The van der Waals surface area contributed by atoms with Gasteiger partial charge in [0.2, 0.25) is 0 Å². The molecule has 0 unspecified atom stereocenters. The minimum Gasteiger partial charge on any atom is -0.448 e. The summed E-state index contributed by atoms with van der Waals surface area (Å²) in [6, 6.07) is 7.82. The Kier molecular flexibility index (Phi) is 2.11. The third-order valence-corrected chi connectivity index (χ3v) is 2.93. The maximum atomic E-state index is 5.48. The van der Waals surface area contributed by atoms with Crippen molar-refractivity contribution >= 4 is 21.6 Å². The van der Waals surface area contributed by atoms with Crippen LogP contribution in [0.5, 0.6) is 0 Å². The lowest BCUT2D eigenvalue weighted by atomic mass is 10.3. The summed E-state index contributed by atoms with van der Waals surface area (Å²) in [5, 5.41) is 0. The van der Waals surface area contributed by atoms with Crippen LogP contribution in [0.3, 0.4) is 0 Å². The first-order valence-electron chi connectivity index (χ1n) is 4.94. The number of nitrogens with zero attached hydrogens (tertiary/aromatic N) is 2. The Labute approximate surface area is 101 Å². The smallest absolute Gasteiger partial charge is 0.169 e. The van der Waals surface area contributed by atoms with Crippen LogP contribution < -0.4 is 0 Å². The molecule has 3 aromatic rings. The van der Waals surface area contributed by atoms with Crippen molar-refractivity contribution in [3.05, 3.63) is 46.9 Å². The zero-order chi connectivity index (χ0) is 11.1. The molecule has 4 heteroatoms. The number of furan rings is 1. The Morgan fingerprint density at radius 2 is 2.19 bits per heavy atom. The summed E-state index contributed by atoms with van der Waals surface area (Å²) in [6.45, 7) is 2.05. The van der Waals surface area contributed by atoms with Gasteiger partial charge in [0.25, 0.3) is 0 Å². The van der Waals surface area contributed by atoms with Gasteiger partial charge >= 0.3 is 0 Å². The van der Waals surface area contributed by atoms with E-state index in [0.29, 0.717) is 0 Å². The minimum atomic E-state index is 0.719. The van der Waals surface area contributed by atoms with Gasteiger partial charge in [0.1, 0.15) is 11.3 Å². The fourth-order valence-corrected chi connectivity index (χ4v) is 2.03. The van der Waals surface area contributed by atoms with E-state index in [-0.39, 0.29) is 0 Å². The van der Waals surface area contributed by atoms with Crippen molar-refractivity contribution < 1.29 is 4.42 Å². The van der Waals surface area contributed by atoms with Gasteiger partial charge in [-0.2, -0.15) is 0 Å². The number of hydrogen-bond acceptors (Lipinski definition) is 2. The zero-order valence-corrected chi connectivity index (χ0v) is 10.2. The maximum absolute atomic E-state index is 5.48. The van der Waals surface area contributed by atoms with Crippen molar-refractivity contribution in [3.8, 4) is 11.5 Å². The van der Waals surface area contributed by atoms with Gasteiger partial charge in [0.15, 0.2) is 10.4 Å². The SMILES string of the molecule is Cc1cccn2cc(-c3ccc(Br)o3)nc12. The van der Waals surface area contributed by atoms with Gasteiger partial charge in [-0.05, 0) is 46.6 Å². The Morgan fingerprint density at radius 1 is 1.31 bits per heavy atom. The summed E-state index contributed by atoms with van der Waals surface area (Å²) < 4.78 is 8.20. The largest absolute Gasteiger partial charge is 0.448 e. The molecule has 0 radical (unpaired) electrons. The summed E-state index contributed by atoms with van der Waals surface area (Å²) in [5.41, 5.74) is 2.96. The number of imidazole rings is 1. The fraction of sp³-hybridized carbons (Fsp3) is 0.0833. The van der Waals surface area contributed by atoms with Crippen LogP contribution in [-0.4, -0.2) is 9.38 Å². The normalized spacial score (nSPS) is 11.1. The molecule has 3 nitrogen and oxygen atoms in total. The molecule has 3 heterocycles. The van der Waals surface area contributed by atoms with E-state index in [4.69, 9.17) is 4.42 Å². The number of rotatable bonds is 1. The van der Waals surface area contributed by atoms with Crippen LogP contribution in [0.1, 0.15) is 5.56 Å². The summed E-state index contributed by atoms with van der Waals surface area (Å²) >= 11 is 3.29. The van der Waals surface area contributed by atoms with Crippen LogP contribution in [0.15, 0.2) is 45.7 Å². The van der Waals surface area contributed by atoms with Crippen molar-refractivity contribution in [3.63, 3.8) is 0 Å². The van der Waals surface area contributed by atoms with E-state index < -0.39 is 0 Å².